The number of oxazole rings is 2. The molecule has 0 N–H and O–H groups in total. The van der Waals surface area contributed by atoms with Crippen LogP contribution >= 0.6 is 0 Å². The second-order valence-electron chi connectivity index (χ2n) is 9.28. The van der Waals surface area contributed by atoms with Crippen molar-refractivity contribution in [3.05, 3.63) is 60.3 Å². The molecule has 0 aliphatic rings. The van der Waals surface area contributed by atoms with Gasteiger partial charge in [0.15, 0.2) is 0 Å². The third-order valence-electron chi connectivity index (χ3n) is 5.12. The summed E-state index contributed by atoms with van der Waals surface area (Å²) in [4.78, 5) is 8.91. The van der Waals surface area contributed by atoms with Gasteiger partial charge >= 0.3 is 0 Å². The quantitative estimate of drug-likeness (QED) is 0.389. The van der Waals surface area contributed by atoms with Crippen molar-refractivity contribution < 1.29 is 8.83 Å². The molecule has 0 aliphatic carbocycles. The Balaban J connectivity index is 2.17. The van der Waals surface area contributed by atoms with Crippen LogP contribution < -0.4 is 0 Å². The van der Waals surface area contributed by atoms with Gasteiger partial charge in [-0.15, -0.1) is 0 Å². The van der Waals surface area contributed by atoms with Gasteiger partial charge < -0.3 is 8.83 Å². The van der Waals surface area contributed by atoms with Crippen LogP contribution in [-0.4, -0.2) is 9.97 Å². The van der Waals surface area contributed by atoms with Crippen molar-refractivity contribution in [2.75, 3.05) is 0 Å². The van der Waals surface area contributed by atoms with Gasteiger partial charge in [-0.25, -0.2) is 9.97 Å². The van der Waals surface area contributed by atoms with Gasteiger partial charge in [0.05, 0.1) is 12.4 Å². The van der Waals surface area contributed by atoms with Gasteiger partial charge in [0.25, 0.3) is 0 Å². The topological polar surface area (TPSA) is 52.1 Å². The molecule has 0 atom stereocenters. The Hall–Kier alpha value is -2.88. The van der Waals surface area contributed by atoms with Crippen LogP contribution in [0.25, 0.3) is 33.7 Å². The van der Waals surface area contributed by atoms with Crippen LogP contribution in [0, 0.1) is 0 Å². The Bertz CT molecular complexity index is 1110. The number of hydrogen-bond donors (Lipinski definition) is 0. The minimum absolute atomic E-state index is 0.0356. The third kappa shape index (κ3) is 3.13. The van der Waals surface area contributed by atoms with Crippen molar-refractivity contribution in [2.45, 2.75) is 52.4 Å². The fourth-order valence-corrected chi connectivity index (χ4v) is 3.59. The molecule has 0 radical (unpaired) electrons. The molecule has 0 fully saturated rings. The zero-order chi connectivity index (χ0) is 20.1. The molecule has 4 nitrogen and oxygen atoms in total. The molecule has 2 aromatic carbocycles. The molecule has 0 spiro atoms. The van der Waals surface area contributed by atoms with Crippen LogP contribution in [0.1, 0.15) is 52.7 Å². The van der Waals surface area contributed by atoms with Crippen molar-refractivity contribution in [3.63, 3.8) is 0 Å². The summed E-state index contributed by atoms with van der Waals surface area (Å²) in [6.45, 7) is 13.3. The van der Waals surface area contributed by atoms with Crippen LogP contribution in [0.15, 0.2) is 58.0 Å². The van der Waals surface area contributed by atoms with Crippen LogP contribution in [-0.2, 0) is 10.8 Å². The van der Waals surface area contributed by atoms with E-state index in [0.29, 0.717) is 11.8 Å². The van der Waals surface area contributed by atoms with E-state index in [9.17, 15) is 0 Å². The lowest BCUT2D eigenvalue weighted by Crippen LogP contribution is -2.14. The van der Waals surface area contributed by atoms with Gasteiger partial charge in [0.1, 0.15) is 12.5 Å². The maximum absolute atomic E-state index is 5.74. The van der Waals surface area contributed by atoms with E-state index in [1.54, 1.807) is 24.9 Å². The molecular weight excluding hydrogens is 348 g/mol. The lowest BCUT2D eigenvalue weighted by molar-refractivity contribution is 0.560. The van der Waals surface area contributed by atoms with Crippen molar-refractivity contribution in [1.82, 2.24) is 9.97 Å². The third-order valence-corrected chi connectivity index (χ3v) is 5.12. The summed E-state index contributed by atoms with van der Waals surface area (Å²) in [5, 5.41) is 2.19. The number of aromatic nitrogens is 2. The molecule has 28 heavy (non-hydrogen) atoms. The fourth-order valence-electron chi connectivity index (χ4n) is 3.59. The number of rotatable bonds is 2. The van der Waals surface area contributed by atoms with Crippen LogP contribution in [0.4, 0.5) is 0 Å². The lowest BCUT2D eigenvalue weighted by Gasteiger charge is -2.26. The number of benzene rings is 2. The van der Waals surface area contributed by atoms with E-state index in [1.807, 2.05) is 0 Å². The van der Waals surface area contributed by atoms with Crippen LogP contribution in [0.5, 0.6) is 0 Å². The van der Waals surface area contributed by atoms with Crippen LogP contribution in [0.2, 0.25) is 0 Å². The Kier molecular flexibility index (Phi) is 4.18. The molecular formula is C24H26N2O2. The number of fused-ring (bicyclic) bond motifs is 1. The molecule has 2 heterocycles. The second kappa shape index (κ2) is 6.33. The summed E-state index contributed by atoms with van der Waals surface area (Å²) >= 11 is 0. The molecule has 0 saturated carbocycles. The normalized spacial score (nSPS) is 12.6. The van der Waals surface area contributed by atoms with Gasteiger partial charge in [-0.05, 0) is 44.9 Å². The smallest absolute Gasteiger partial charge is 0.226 e. The SMILES string of the molecule is CC(C)(C)c1ccc2c(-c3ncco3)c(C(C)(C)C)cc(-c3ncco3)c2c1. The highest BCUT2D eigenvalue weighted by Crippen LogP contribution is 2.43. The predicted octanol–water partition coefficient (Wildman–Crippen LogP) is 6.74. The van der Waals surface area contributed by atoms with E-state index in [-0.39, 0.29) is 10.8 Å². The monoisotopic (exact) mass is 374 g/mol. The number of nitrogens with zero attached hydrogens (tertiary/aromatic N) is 2. The van der Waals surface area contributed by atoms with E-state index >= 15 is 0 Å². The maximum atomic E-state index is 5.74. The molecule has 2 aromatic heterocycles. The average molecular weight is 374 g/mol. The first-order valence-corrected chi connectivity index (χ1v) is 9.58. The molecule has 4 rings (SSSR count). The molecule has 4 aromatic rings. The molecule has 4 heteroatoms. The minimum Gasteiger partial charge on any atom is -0.445 e. The Labute approximate surface area is 165 Å². The van der Waals surface area contributed by atoms with Gasteiger partial charge in [0, 0.05) is 11.1 Å². The van der Waals surface area contributed by atoms with Crippen molar-refractivity contribution in [3.8, 4) is 22.9 Å². The first-order chi connectivity index (χ1) is 13.2. The summed E-state index contributed by atoms with van der Waals surface area (Å²) in [6, 6.07) is 8.80. The molecule has 0 saturated heterocycles. The number of hydrogen-bond acceptors (Lipinski definition) is 4. The molecule has 0 amide bonds. The van der Waals surface area contributed by atoms with Gasteiger partial charge in [-0.2, -0.15) is 0 Å². The lowest BCUT2D eigenvalue weighted by atomic mass is 9.78. The largest absolute Gasteiger partial charge is 0.445 e. The molecule has 0 aliphatic heterocycles. The highest BCUT2D eigenvalue weighted by molar-refractivity contribution is 6.04. The highest BCUT2D eigenvalue weighted by Gasteiger charge is 2.27. The van der Waals surface area contributed by atoms with E-state index < -0.39 is 0 Å². The summed E-state index contributed by atoms with van der Waals surface area (Å²) in [7, 11) is 0. The van der Waals surface area contributed by atoms with E-state index in [4.69, 9.17) is 8.83 Å². The minimum atomic E-state index is -0.109. The standard InChI is InChI=1S/C24H26N2O2/c1-23(2,3)15-7-8-16-17(13-15)18(21-25-9-11-27-21)14-19(24(4,5)6)20(16)22-26-10-12-28-22/h7-14H,1-6H3. The van der Waals surface area contributed by atoms with E-state index in [0.717, 1.165) is 27.5 Å². The Morgan fingerprint density at radius 1 is 0.714 bits per heavy atom. The fraction of sp³-hybridized carbons (Fsp3) is 0.333. The predicted molar refractivity (Wildman–Crippen MR) is 112 cm³/mol. The van der Waals surface area contributed by atoms with Gasteiger partial charge in [-0.1, -0.05) is 53.7 Å². The van der Waals surface area contributed by atoms with E-state index in [1.165, 1.54) is 5.56 Å². The summed E-state index contributed by atoms with van der Waals surface area (Å²) in [5.41, 5.74) is 4.36. The van der Waals surface area contributed by atoms with Crippen LogP contribution in [0.3, 0.4) is 0 Å². The van der Waals surface area contributed by atoms with Gasteiger partial charge in [-0.3, -0.25) is 0 Å². The summed E-state index contributed by atoms with van der Waals surface area (Å²) in [5.74, 6) is 1.26. The van der Waals surface area contributed by atoms with Gasteiger partial charge in [0.2, 0.25) is 11.8 Å². The average Bonchev–Trinajstić information content (AvgIpc) is 3.32. The Morgan fingerprint density at radius 3 is 1.89 bits per heavy atom. The maximum Gasteiger partial charge on any atom is 0.226 e. The molecule has 0 unspecified atom stereocenters. The first kappa shape index (κ1) is 18.5. The zero-order valence-corrected chi connectivity index (χ0v) is 17.3. The summed E-state index contributed by atoms with van der Waals surface area (Å²) in [6.07, 6.45) is 6.62. The summed E-state index contributed by atoms with van der Waals surface area (Å²) < 4.78 is 11.4. The Morgan fingerprint density at radius 2 is 1.36 bits per heavy atom. The first-order valence-electron chi connectivity index (χ1n) is 9.58. The van der Waals surface area contributed by atoms with E-state index in [2.05, 4.69) is 75.8 Å². The van der Waals surface area contributed by atoms with Crippen molar-refractivity contribution in [1.29, 1.82) is 0 Å². The zero-order valence-electron chi connectivity index (χ0n) is 17.3. The van der Waals surface area contributed by atoms with Crippen molar-refractivity contribution in [2.24, 2.45) is 0 Å². The highest BCUT2D eigenvalue weighted by atomic mass is 16.3. The van der Waals surface area contributed by atoms with Crippen molar-refractivity contribution >= 4 is 10.8 Å². The molecule has 144 valence electrons. The molecule has 0 bridgehead atoms. The second-order valence-corrected chi connectivity index (χ2v) is 9.28.